The van der Waals surface area contributed by atoms with Gasteiger partial charge in [0.1, 0.15) is 5.60 Å². The van der Waals surface area contributed by atoms with E-state index in [1.807, 2.05) is 6.92 Å². The van der Waals surface area contributed by atoms with Gasteiger partial charge in [-0.1, -0.05) is 25.7 Å². The van der Waals surface area contributed by atoms with Gasteiger partial charge >= 0.3 is 0 Å². The molecule has 17 heavy (non-hydrogen) atoms. The topological polar surface area (TPSA) is 55.1 Å². The molecule has 1 heterocycles. The lowest BCUT2D eigenvalue weighted by Crippen LogP contribution is -2.37. The quantitative estimate of drug-likeness (QED) is 0.646. The lowest BCUT2D eigenvalue weighted by molar-refractivity contribution is 0.0238. The third-order valence-electron chi connectivity index (χ3n) is 3.57. The summed E-state index contributed by atoms with van der Waals surface area (Å²) >= 11 is 0. The van der Waals surface area contributed by atoms with Gasteiger partial charge in [-0.3, -0.25) is 9.48 Å². The van der Waals surface area contributed by atoms with E-state index in [2.05, 4.69) is 5.10 Å². The Morgan fingerprint density at radius 3 is 2.59 bits per heavy atom. The van der Waals surface area contributed by atoms with Crippen molar-refractivity contribution in [2.75, 3.05) is 0 Å². The Bertz CT molecular complexity index is 390. The van der Waals surface area contributed by atoms with Crippen LogP contribution in [0, 0.1) is 0 Å². The van der Waals surface area contributed by atoms with E-state index in [0.29, 0.717) is 18.4 Å². The number of Topliss-reactive ketones (excluding diaryl/α,β-unsaturated/α-hetero) is 1. The van der Waals surface area contributed by atoms with E-state index in [1.165, 1.54) is 0 Å². The zero-order chi connectivity index (χ0) is 12.3. The molecule has 1 aliphatic carbocycles. The zero-order valence-corrected chi connectivity index (χ0v) is 10.4. The second kappa shape index (κ2) is 5.00. The smallest absolute Gasteiger partial charge is 0.197 e. The van der Waals surface area contributed by atoms with Crippen LogP contribution in [0.15, 0.2) is 12.4 Å². The van der Waals surface area contributed by atoms with Gasteiger partial charge in [-0.15, -0.1) is 0 Å². The van der Waals surface area contributed by atoms with Crippen molar-refractivity contribution in [3.8, 4) is 0 Å². The maximum atomic E-state index is 12.3. The molecule has 0 radical (unpaired) electrons. The standard InChI is InChI=1S/C13H20N2O2/c1-2-15-10-11(9-14-15)12(16)13(17)7-5-3-4-6-8-13/h9-10,17H,2-8H2,1H3. The Balaban J connectivity index is 2.17. The second-order valence-corrected chi connectivity index (χ2v) is 4.86. The minimum atomic E-state index is -1.15. The van der Waals surface area contributed by atoms with Crippen molar-refractivity contribution in [3.05, 3.63) is 18.0 Å². The minimum absolute atomic E-state index is 0.154. The molecule has 0 saturated heterocycles. The molecule has 1 aromatic heterocycles. The van der Waals surface area contributed by atoms with Gasteiger partial charge in [0.15, 0.2) is 5.78 Å². The van der Waals surface area contributed by atoms with Gasteiger partial charge in [0.2, 0.25) is 0 Å². The van der Waals surface area contributed by atoms with Crippen LogP contribution in [-0.4, -0.2) is 26.3 Å². The second-order valence-electron chi connectivity index (χ2n) is 4.86. The highest BCUT2D eigenvalue weighted by Gasteiger charge is 2.37. The van der Waals surface area contributed by atoms with E-state index >= 15 is 0 Å². The third-order valence-corrected chi connectivity index (χ3v) is 3.57. The number of nitrogens with zero attached hydrogens (tertiary/aromatic N) is 2. The van der Waals surface area contributed by atoms with Gasteiger partial charge in [0.25, 0.3) is 0 Å². The first kappa shape index (κ1) is 12.3. The predicted octanol–water partition coefficient (Wildman–Crippen LogP) is 2.17. The number of aryl methyl sites for hydroxylation is 1. The zero-order valence-electron chi connectivity index (χ0n) is 10.4. The molecule has 94 valence electrons. The molecule has 1 saturated carbocycles. The van der Waals surface area contributed by atoms with E-state index in [4.69, 9.17) is 0 Å². The lowest BCUT2D eigenvalue weighted by atomic mass is 9.87. The molecule has 0 bridgehead atoms. The summed E-state index contributed by atoms with van der Waals surface area (Å²) in [5.74, 6) is -0.154. The van der Waals surface area contributed by atoms with Gasteiger partial charge < -0.3 is 5.11 Å². The maximum Gasteiger partial charge on any atom is 0.197 e. The van der Waals surface area contributed by atoms with Gasteiger partial charge in [-0.2, -0.15) is 5.10 Å². The van der Waals surface area contributed by atoms with Crippen molar-refractivity contribution >= 4 is 5.78 Å². The summed E-state index contributed by atoms with van der Waals surface area (Å²) in [6, 6.07) is 0. The minimum Gasteiger partial charge on any atom is -0.382 e. The number of carbonyl (C=O) groups is 1. The molecule has 0 atom stereocenters. The Hall–Kier alpha value is -1.16. The van der Waals surface area contributed by atoms with E-state index in [0.717, 1.165) is 32.2 Å². The fraction of sp³-hybridized carbons (Fsp3) is 0.692. The molecule has 2 rings (SSSR count). The molecule has 1 aromatic rings. The third kappa shape index (κ3) is 2.57. The Kier molecular flexibility index (Phi) is 3.62. The molecule has 0 amide bonds. The lowest BCUT2D eigenvalue weighted by Gasteiger charge is -2.24. The summed E-state index contributed by atoms with van der Waals surface area (Å²) in [6.07, 6.45) is 8.56. The molecule has 1 aliphatic rings. The Morgan fingerprint density at radius 1 is 1.41 bits per heavy atom. The normalized spacial score (nSPS) is 19.9. The molecule has 0 unspecified atom stereocenters. The van der Waals surface area contributed by atoms with Gasteiger partial charge in [-0.05, 0) is 19.8 Å². The first-order chi connectivity index (χ1) is 8.15. The van der Waals surface area contributed by atoms with E-state index in [9.17, 15) is 9.90 Å². The number of hydrogen-bond acceptors (Lipinski definition) is 3. The largest absolute Gasteiger partial charge is 0.382 e. The van der Waals surface area contributed by atoms with E-state index < -0.39 is 5.60 Å². The molecule has 4 nitrogen and oxygen atoms in total. The van der Waals surface area contributed by atoms with Crippen LogP contribution in [0.3, 0.4) is 0 Å². The predicted molar refractivity (Wildman–Crippen MR) is 64.9 cm³/mol. The van der Waals surface area contributed by atoms with Crippen molar-refractivity contribution in [2.45, 2.75) is 57.6 Å². The highest BCUT2D eigenvalue weighted by Crippen LogP contribution is 2.30. The average molecular weight is 236 g/mol. The van der Waals surface area contributed by atoms with Crippen molar-refractivity contribution in [2.24, 2.45) is 0 Å². The molecule has 0 aliphatic heterocycles. The van der Waals surface area contributed by atoms with E-state index in [1.54, 1.807) is 17.1 Å². The van der Waals surface area contributed by atoms with E-state index in [-0.39, 0.29) is 5.78 Å². The van der Waals surface area contributed by atoms with Crippen LogP contribution in [0.1, 0.15) is 55.8 Å². The number of rotatable bonds is 3. The summed E-state index contributed by atoms with van der Waals surface area (Å²) in [5.41, 5.74) is -0.616. The first-order valence-electron chi connectivity index (χ1n) is 6.45. The summed E-state index contributed by atoms with van der Waals surface area (Å²) in [4.78, 5) is 12.3. The maximum absolute atomic E-state index is 12.3. The van der Waals surface area contributed by atoms with Crippen molar-refractivity contribution in [1.82, 2.24) is 9.78 Å². The van der Waals surface area contributed by atoms with Crippen LogP contribution >= 0.6 is 0 Å². The molecular formula is C13H20N2O2. The fourth-order valence-electron chi connectivity index (χ4n) is 2.46. The summed E-state index contributed by atoms with van der Waals surface area (Å²) in [7, 11) is 0. The number of carbonyl (C=O) groups excluding carboxylic acids is 1. The van der Waals surface area contributed by atoms with Crippen molar-refractivity contribution in [3.63, 3.8) is 0 Å². The average Bonchev–Trinajstić information content (AvgIpc) is 2.71. The molecule has 1 N–H and O–H groups in total. The molecule has 0 aromatic carbocycles. The van der Waals surface area contributed by atoms with Gasteiger partial charge in [0.05, 0.1) is 11.8 Å². The molecular weight excluding hydrogens is 216 g/mol. The first-order valence-corrected chi connectivity index (χ1v) is 6.45. The molecule has 0 spiro atoms. The van der Waals surface area contributed by atoms with Crippen LogP contribution < -0.4 is 0 Å². The summed E-state index contributed by atoms with van der Waals surface area (Å²) in [6.45, 7) is 2.72. The molecule has 1 fully saturated rings. The van der Waals surface area contributed by atoms with Crippen LogP contribution in [0.25, 0.3) is 0 Å². The SMILES string of the molecule is CCn1cc(C(=O)C2(O)CCCCCC2)cn1. The number of hydrogen-bond donors (Lipinski definition) is 1. The highest BCUT2D eigenvalue weighted by atomic mass is 16.3. The monoisotopic (exact) mass is 236 g/mol. The van der Waals surface area contributed by atoms with Crippen LogP contribution in [-0.2, 0) is 6.54 Å². The van der Waals surface area contributed by atoms with Crippen LogP contribution in [0.4, 0.5) is 0 Å². The molecule has 4 heteroatoms. The van der Waals surface area contributed by atoms with Crippen molar-refractivity contribution < 1.29 is 9.90 Å². The van der Waals surface area contributed by atoms with Gasteiger partial charge in [-0.25, -0.2) is 0 Å². The number of aliphatic hydroxyl groups is 1. The Morgan fingerprint density at radius 2 is 2.06 bits per heavy atom. The van der Waals surface area contributed by atoms with Gasteiger partial charge in [0, 0.05) is 12.7 Å². The van der Waals surface area contributed by atoms with Crippen LogP contribution in [0.2, 0.25) is 0 Å². The fourth-order valence-corrected chi connectivity index (χ4v) is 2.46. The number of ketones is 1. The number of aromatic nitrogens is 2. The highest BCUT2D eigenvalue weighted by molar-refractivity contribution is 6.01. The van der Waals surface area contributed by atoms with Crippen molar-refractivity contribution in [1.29, 1.82) is 0 Å². The van der Waals surface area contributed by atoms with Crippen LogP contribution in [0.5, 0.6) is 0 Å². The summed E-state index contributed by atoms with van der Waals surface area (Å²) < 4.78 is 1.72. The Labute approximate surface area is 102 Å². The summed E-state index contributed by atoms with van der Waals surface area (Å²) in [5, 5.41) is 14.6.